The average molecular weight is 578 g/mol. The van der Waals surface area contributed by atoms with Gasteiger partial charge in [-0.2, -0.15) is 0 Å². The van der Waals surface area contributed by atoms with Gasteiger partial charge in [0.05, 0.1) is 23.5 Å². The standard InChI is InChI=1S/C28H37F2N5O4S/c1-19-15-24(31-25(16-19)35-13-9-28(29,30)10-14-35)32-26(37)22-4-3-21(33-40(38,39)20(2)18-36)17-23(22)34-11-7-27(5-6-27)8-12-34/h3-4,15-17,20,33,36H,5-14,18H2,1-2H3,(H,31,32,37)/t20-/m1/s1. The molecule has 40 heavy (non-hydrogen) atoms. The number of aryl methyl sites for hydroxylation is 1. The molecule has 3 heterocycles. The van der Waals surface area contributed by atoms with Crippen LogP contribution in [0.1, 0.15) is 61.4 Å². The number of alkyl halides is 2. The van der Waals surface area contributed by atoms with Crippen LogP contribution < -0.4 is 19.8 Å². The van der Waals surface area contributed by atoms with Crippen molar-refractivity contribution < 1.29 is 27.1 Å². The molecule has 218 valence electrons. The van der Waals surface area contributed by atoms with E-state index in [1.54, 1.807) is 23.1 Å². The van der Waals surface area contributed by atoms with Crippen LogP contribution in [0.3, 0.4) is 0 Å². The number of aliphatic hydroxyl groups is 1. The van der Waals surface area contributed by atoms with Crippen molar-refractivity contribution in [2.24, 2.45) is 5.41 Å². The van der Waals surface area contributed by atoms with Gasteiger partial charge in [0.1, 0.15) is 16.9 Å². The van der Waals surface area contributed by atoms with E-state index in [4.69, 9.17) is 0 Å². The van der Waals surface area contributed by atoms with E-state index < -0.39 is 33.7 Å². The van der Waals surface area contributed by atoms with Crippen molar-refractivity contribution in [1.82, 2.24) is 4.98 Å². The third-order valence-electron chi connectivity index (χ3n) is 8.43. The molecule has 2 aromatic rings. The summed E-state index contributed by atoms with van der Waals surface area (Å²) < 4.78 is 55.0. The van der Waals surface area contributed by atoms with Gasteiger partial charge >= 0.3 is 0 Å². The van der Waals surface area contributed by atoms with Crippen molar-refractivity contribution in [2.75, 3.05) is 52.6 Å². The average Bonchev–Trinajstić information content (AvgIpc) is 3.66. The van der Waals surface area contributed by atoms with Gasteiger partial charge in [-0.15, -0.1) is 0 Å². The first-order valence-corrected chi connectivity index (χ1v) is 15.4. The Morgan fingerprint density at radius 1 is 1.02 bits per heavy atom. The van der Waals surface area contributed by atoms with Crippen molar-refractivity contribution in [3.8, 4) is 0 Å². The van der Waals surface area contributed by atoms with Crippen LogP contribution in [-0.4, -0.2) is 68.4 Å². The molecule has 1 aliphatic carbocycles. The zero-order chi connectivity index (χ0) is 28.7. The lowest BCUT2D eigenvalue weighted by Gasteiger charge is -2.35. The fourth-order valence-corrected chi connectivity index (χ4v) is 6.29. The second-order valence-electron chi connectivity index (χ2n) is 11.5. The number of aliphatic hydroxyl groups excluding tert-OH is 1. The van der Waals surface area contributed by atoms with Gasteiger partial charge in [-0.1, -0.05) is 0 Å². The number of carbonyl (C=O) groups excluding carboxylic acids is 1. The lowest BCUT2D eigenvalue weighted by molar-refractivity contribution is -0.0221. The van der Waals surface area contributed by atoms with Gasteiger partial charge in [0.25, 0.3) is 11.8 Å². The second-order valence-corrected chi connectivity index (χ2v) is 13.6. The maximum absolute atomic E-state index is 13.7. The molecule has 0 bridgehead atoms. The van der Waals surface area contributed by atoms with Crippen LogP contribution in [0.25, 0.3) is 0 Å². The SMILES string of the molecule is Cc1cc(NC(=O)c2ccc(NS(=O)(=O)[C@H](C)CO)cc2N2CCC3(CC2)CC3)nc(N2CCC(F)(F)CC2)c1. The first kappa shape index (κ1) is 28.5. The predicted octanol–water partition coefficient (Wildman–Crippen LogP) is 4.38. The monoisotopic (exact) mass is 577 g/mol. The molecule has 1 amide bonds. The molecule has 3 aliphatic rings. The number of rotatable bonds is 8. The van der Waals surface area contributed by atoms with Gasteiger partial charge in [0.15, 0.2) is 0 Å². The Kier molecular flexibility index (Phi) is 7.68. The van der Waals surface area contributed by atoms with Crippen molar-refractivity contribution >= 4 is 38.9 Å². The number of anilines is 4. The number of carbonyl (C=O) groups is 1. The summed E-state index contributed by atoms with van der Waals surface area (Å²) in [4.78, 5) is 22.1. The van der Waals surface area contributed by atoms with E-state index in [9.17, 15) is 27.1 Å². The number of amides is 1. The zero-order valence-corrected chi connectivity index (χ0v) is 23.7. The van der Waals surface area contributed by atoms with Gasteiger partial charge in [0, 0.05) is 39.0 Å². The van der Waals surface area contributed by atoms with E-state index in [0.717, 1.165) is 31.5 Å². The molecule has 9 nitrogen and oxygen atoms in total. The van der Waals surface area contributed by atoms with Crippen LogP contribution in [0.2, 0.25) is 0 Å². The summed E-state index contributed by atoms with van der Waals surface area (Å²) in [6, 6.07) is 8.35. The second kappa shape index (κ2) is 10.8. The third kappa shape index (κ3) is 6.33. The molecule has 5 rings (SSSR count). The zero-order valence-electron chi connectivity index (χ0n) is 22.9. The Morgan fingerprint density at radius 3 is 2.30 bits per heavy atom. The number of hydrogen-bond donors (Lipinski definition) is 3. The summed E-state index contributed by atoms with van der Waals surface area (Å²) in [5.41, 5.74) is 2.57. The van der Waals surface area contributed by atoms with E-state index in [2.05, 4.69) is 19.9 Å². The van der Waals surface area contributed by atoms with Crippen LogP contribution in [0, 0.1) is 12.3 Å². The molecule has 1 saturated carbocycles. The van der Waals surface area contributed by atoms with Crippen LogP contribution in [0.15, 0.2) is 30.3 Å². The number of aromatic nitrogens is 1. The Hall–Kier alpha value is -2.99. The molecular formula is C28H37F2N5O4S. The van der Waals surface area contributed by atoms with Crippen LogP contribution in [0.4, 0.5) is 31.8 Å². The van der Waals surface area contributed by atoms with E-state index in [1.807, 2.05) is 13.0 Å². The maximum Gasteiger partial charge on any atom is 0.258 e. The highest BCUT2D eigenvalue weighted by Crippen LogP contribution is 2.54. The van der Waals surface area contributed by atoms with Gasteiger partial charge < -0.3 is 20.2 Å². The number of hydrogen-bond acceptors (Lipinski definition) is 7. The molecule has 1 aromatic carbocycles. The number of sulfonamides is 1. The molecule has 3 N–H and O–H groups in total. The van der Waals surface area contributed by atoms with Gasteiger partial charge in [-0.05, 0) is 80.8 Å². The molecule has 1 atom stereocenters. The largest absolute Gasteiger partial charge is 0.395 e. The van der Waals surface area contributed by atoms with Crippen LogP contribution in [-0.2, 0) is 10.0 Å². The van der Waals surface area contributed by atoms with Crippen molar-refractivity contribution in [3.05, 3.63) is 41.5 Å². The summed E-state index contributed by atoms with van der Waals surface area (Å²) >= 11 is 0. The fraction of sp³-hybridized carbons (Fsp3) is 0.571. The van der Waals surface area contributed by atoms with Crippen molar-refractivity contribution in [2.45, 2.75) is 63.5 Å². The van der Waals surface area contributed by atoms with E-state index in [0.29, 0.717) is 34.0 Å². The smallest absolute Gasteiger partial charge is 0.258 e. The number of nitrogens with zero attached hydrogens (tertiary/aromatic N) is 3. The first-order valence-electron chi connectivity index (χ1n) is 13.8. The van der Waals surface area contributed by atoms with Crippen LogP contribution in [0.5, 0.6) is 0 Å². The minimum atomic E-state index is -3.81. The van der Waals surface area contributed by atoms with Gasteiger partial charge in [-0.3, -0.25) is 9.52 Å². The molecule has 1 aromatic heterocycles. The van der Waals surface area contributed by atoms with Gasteiger partial charge in [0.2, 0.25) is 10.0 Å². The molecule has 1 spiro atoms. The number of piperidine rings is 2. The Labute approximate surface area is 234 Å². The van der Waals surface area contributed by atoms with E-state index in [-0.39, 0.29) is 25.9 Å². The molecular weight excluding hydrogens is 540 g/mol. The van der Waals surface area contributed by atoms with Crippen molar-refractivity contribution in [3.63, 3.8) is 0 Å². The van der Waals surface area contributed by atoms with Crippen molar-refractivity contribution in [1.29, 1.82) is 0 Å². The summed E-state index contributed by atoms with van der Waals surface area (Å²) in [6.45, 7) is 4.66. The number of pyridine rings is 1. The molecule has 0 unspecified atom stereocenters. The molecule has 12 heteroatoms. The fourth-order valence-electron chi connectivity index (χ4n) is 5.43. The lowest BCUT2D eigenvalue weighted by atomic mass is 9.93. The highest BCUT2D eigenvalue weighted by Gasteiger charge is 2.44. The molecule has 2 saturated heterocycles. The lowest BCUT2D eigenvalue weighted by Crippen LogP contribution is -2.39. The highest BCUT2D eigenvalue weighted by atomic mass is 32.2. The predicted molar refractivity (Wildman–Crippen MR) is 152 cm³/mol. The van der Waals surface area contributed by atoms with E-state index >= 15 is 0 Å². The Bertz CT molecular complexity index is 1360. The number of nitrogens with one attached hydrogen (secondary N) is 2. The summed E-state index contributed by atoms with van der Waals surface area (Å²) in [7, 11) is -3.81. The number of benzene rings is 1. The summed E-state index contributed by atoms with van der Waals surface area (Å²) in [5.74, 6) is -2.20. The summed E-state index contributed by atoms with van der Waals surface area (Å²) in [6.07, 6.45) is 4.01. The first-order chi connectivity index (χ1) is 18.9. The molecule has 0 radical (unpaired) electrons. The molecule has 2 aliphatic heterocycles. The molecule has 3 fully saturated rings. The number of halogens is 2. The normalized spacial score (nSPS) is 20.7. The highest BCUT2D eigenvalue weighted by molar-refractivity contribution is 7.93. The minimum Gasteiger partial charge on any atom is -0.395 e. The Morgan fingerprint density at radius 2 is 1.68 bits per heavy atom. The van der Waals surface area contributed by atoms with E-state index in [1.165, 1.54) is 25.8 Å². The maximum atomic E-state index is 13.7. The minimum absolute atomic E-state index is 0.184. The summed E-state index contributed by atoms with van der Waals surface area (Å²) in [5, 5.41) is 11.2. The third-order valence-corrected chi connectivity index (χ3v) is 10.2. The topological polar surface area (TPSA) is 115 Å². The Balaban J connectivity index is 1.39. The van der Waals surface area contributed by atoms with Gasteiger partial charge in [-0.25, -0.2) is 22.2 Å². The van der Waals surface area contributed by atoms with Crippen LogP contribution >= 0.6 is 0 Å². The quantitative estimate of drug-likeness (QED) is 0.427.